The summed E-state index contributed by atoms with van der Waals surface area (Å²) >= 11 is 0. The third-order valence-electron chi connectivity index (χ3n) is 5.39. The molecule has 1 N–H and O–H groups in total. The highest BCUT2D eigenvalue weighted by Crippen LogP contribution is 2.24. The molecule has 2 heterocycles. The van der Waals surface area contributed by atoms with Gasteiger partial charge in [-0.3, -0.25) is 4.79 Å². The highest BCUT2D eigenvalue weighted by Gasteiger charge is 2.34. The van der Waals surface area contributed by atoms with Crippen molar-refractivity contribution in [2.24, 2.45) is 0 Å². The fourth-order valence-corrected chi connectivity index (χ4v) is 3.61. The monoisotopic (exact) mass is 379 g/mol. The number of aryl methyl sites for hydroxylation is 1. The summed E-state index contributed by atoms with van der Waals surface area (Å²) in [6.07, 6.45) is 3.27. The van der Waals surface area contributed by atoms with Gasteiger partial charge in [-0.05, 0) is 37.1 Å². The van der Waals surface area contributed by atoms with Crippen molar-refractivity contribution in [3.63, 3.8) is 0 Å². The molecule has 28 heavy (non-hydrogen) atoms. The molecule has 4 rings (SSSR count). The quantitative estimate of drug-likeness (QED) is 0.715. The average Bonchev–Trinajstić information content (AvgIpc) is 3.15. The van der Waals surface area contributed by atoms with Gasteiger partial charge in [0, 0.05) is 26.1 Å². The molecule has 0 unspecified atom stereocenters. The normalized spacial score (nSPS) is 16.2. The number of amides is 1. The van der Waals surface area contributed by atoms with Crippen molar-refractivity contribution >= 4 is 16.9 Å². The lowest BCUT2D eigenvalue weighted by molar-refractivity contribution is -0.136. The van der Waals surface area contributed by atoms with Crippen molar-refractivity contribution in [2.45, 2.75) is 31.4 Å². The number of ether oxygens (including phenoxy) is 1. The number of benzene rings is 2. The Morgan fingerprint density at radius 3 is 2.57 bits per heavy atom. The van der Waals surface area contributed by atoms with E-state index in [4.69, 9.17) is 4.74 Å². The minimum atomic E-state index is -0.882. The fraction of sp³-hybridized carbons (Fsp3) is 0.364. The number of hydrogen-bond donors (Lipinski definition) is 1. The predicted molar refractivity (Wildman–Crippen MR) is 107 cm³/mol. The van der Waals surface area contributed by atoms with E-state index in [1.807, 2.05) is 64.1 Å². The Morgan fingerprint density at radius 2 is 1.79 bits per heavy atom. The Kier molecular flexibility index (Phi) is 5.30. The van der Waals surface area contributed by atoms with E-state index >= 15 is 0 Å². The summed E-state index contributed by atoms with van der Waals surface area (Å²) in [4.78, 5) is 18.8. The van der Waals surface area contributed by atoms with E-state index in [0.717, 1.165) is 16.8 Å². The molecule has 0 bridgehead atoms. The Bertz CT molecular complexity index is 930. The van der Waals surface area contributed by atoms with Crippen LogP contribution in [0.3, 0.4) is 0 Å². The molecule has 0 aliphatic carbocycles. The van der Waals surface area contributed by atoms with Crippen LogP contribution < -0.4 is 4.74 Å². The van der Waals surface area contributed by atoms with Gasteiger partial charge in [-0.15, -0.1) is 0 Å². The standard InChI is InChI=1S/C22H25N3O3/c26-21(10-13-25-17-23-19-8-4-5-9-20(19)25)24-14-11-22(27,12-15-24)16-28-18-6-2-1-3-7-18/h1-9,17,27H,10-16H2. The highest BCUT2D eigenvalue weighted by atomic mass is 16.5. The lowest BCUT2D eigenvalue weighted by atomic mass is 9.92. The van der Waals surface area contributed by atoms with Crippen LogP contribution in [0.15, 0.2) is 60.9 Å². The van der Waals surface area contributed by atoms with E-state index in [1.54, 1.807) is 6.33 Å². The van der Waals surface area contributed by atoms with Gasteiger partial charge >= 0.3 is 0 Å². The number of hydrogen-bond acceptors (Lipinski definition) is 4. The predicted octanol–water partition coefficient (Wildman–Crippen LogP) is 2.86. The maximum Gasteiger partial charge on any atom is 0.224 e. The van der Waals surface area contributed by atoms with Gasteiger partial charge in [0.2, 0.25) is 5.91 Å². The second-order valence-corrected chi connectivity index (χ2v) is 7.38. The topological polar surface area (TPSA) is 67.6 Å². The van der Waals surface area contributed by atoms with Gasteiger partial charge in [-0.1, -0.05) is 30.3 Å². The molecule has 0 spiro atoms. The second-order valence-electron chi connectivity index (χ2n) is 7.38. The van der Waals surface area contributed by atoms with Gasteiger partial charge in [-0.25, -0.2) is 4.98 Å². The number of para-hydroxylation sites is 3. The first-order valence-corrected chi connectivity index (χ1v) is 9.71. The molecule has 0 radical (unpaired) electrons. The summed E-state index contributed by atoms with van der Waals surface area (Å²) in [5.41, 5.74) is 1.10. The third kappa shape index (κ3) is 4.17. The van der Waals surface area contributed by atoms with E-state index in [1.165, 1.54) is 0 Å². The Hall–Kier alpha value is -2.86. The molecule has 3 aromatic rings. The molecular weight excluding hydrogens is 354 g/mol. The summed E-state index contributed by atoms with van der Waals surface area (Å²) in [6, 6.07) is 17.4. The summed E-state index contributed by atoms with van der Waals surface area (Å²) in [7, 11) is 0. The van der Waals surface area contributed by atoms with Crippen molar-refractivity contribution < 1.29 is 14.6 Å². The van der Waals surface area contributed by atoms with Crippen LogP contribution in [0, 0.1) is 0 Å². The molecule has 146 valence electrons. The maximum atomic E-state index is 12.6. The van der Waals surface area contributed by atoms with Crippen molar-refractivity contribution in [3.05, 3.63) is 60.9 Å². The number of likely N-dealkylation sites (tertiary alicyclic amines) is 1. The molecule has 1 saturated heterocycles. The third-order valence-corrected chi connectivity index (χ3v) is 5.39. The van der Waals surface area contributed by atoms with Crippen molar-refractivity contribution in [1.29, 1.82) is 0 Å². The largest absolute Gasteiger partial charge is 0.491 e. The number of aromatic nitrogens is 2. The Labute approximate surface area is 164 Å². The molecule has 1 amide bonds. The highest BCUT2D eigenvalue weighted by molar-refractivity contribution is 5.77. The first kappa shape index (κ1) is 18.5. The fourth-order valence-electron chi connectivity index (χ4n) is 3.61. The SMILES string of the molecule is O=C(CCn1cnc2ccccc21)N1CCC(O)(COc2ccccc2)CC1. The van der Waals surface area contributed by atoms with Gasteiger partial charge in [0.1, 0.15) is 18.0 Å². The van der Waals surface area contributed by atoms with E-state index in [0.29, 0.717) is 38.9 Å². The summed E-state index contributed by atoms with van der Waals surface area (Å²) in [6.45, 7) is 1.97. The second kappa shape index (κ2) is 8.02. The van der Waals surface area contributed by atoms with Crippen LogP contribution in [0.4, 0.5) is 0 Å². The van der Waals surface area contributed by atoms with Gasteiger partial charge in [0.15, 0.2) is 0 Å². The molecule has 0 atom stereocenters. The van der Waals surface area contributed by atoms with Gasteiger partial charge in [0.05, 0.1) is 17.4 Å². The lowest BCUT2D eigenvalue weighted by Gasteiger charge is -2.38. The van der Waals surface area contributed by atoms with E-state index in [-0.39, 0.29) is 12.5 Å². The smallest absolute Gasteiger partial charge is 0.224 e. The summed E-state index contributed by atoms with van der Waals surface area (Å²) in [5, 5.41) is 10.8. The average molecular weight is 379 g/mol. The van der Waals surface area contributed by atoms with Crippen LogP contribution in [-0.2, 0) is 11.3 Å². The van der Waals surface area contributed by atoms with Gasteiger partial charge in [-0.2, -0.15) is 0 Å². The number of fused-ring (bicyclic) bond motifs is 1. The zero-order chi connectivity index (χ0) is 19.4. The van der Waals surface area contributed by atoms with E-state index in [9.17, 15) is 9.90 Å². The number of rotatable bonds is 6. The van der Waals surface area contributed by atoms with Gasteiger partial charge in [0.25, 0.3) is 0 Å². The first-order valence-electron chi connectivity index (χ1n) is 9.71. The molecule has 1 aromatic heterocycles. The molecule has 1 aliphatic rings. The van der Waals surface area contributed by atoms with Crippen LogP contribution >= 0.6 is 0 Å². The van der Waals surface area contributed by atoms with E-state index < -0.39 is 5.60 Å². The molecule has 0 saturated carbocycles. The number of nitrogens with zero attached hydrogens (tertiary/aromatic N) is 3. The summed E-state index contributed by atoms with van der Waals surface area (Å²) < 4.78 is 7.73. The number of aliphatic hydroxyl groups is 1. The minimum absolute atomic E-state index is 0.115. The minimum Gasteiger partial charge on any atom is -0.491 e. The van der Waals surface area contributed by atoms with Crippen LogP contribution in [0.1, 0.15) is 19.3 Å². The van der Waals surface area contributed by atoms with Crippen LogP contribution in [0.2, 0.25) is 0 Å². The molecule has 1 fully saturated rings. The number of carbonyl (C=O) groups is 1. The molecule has 2 aromatic carbocycles. The van der Waals surface area contributed by atoms with Gasteiger partial charge < -0.3 is 19.3 Å². The Balaban J connectivity index is 1.26. The van der Waals surface area contributed by atoms with Crippen LogP contribution in [-0.4, -0.2) is 50.8 Å². The van der Waals surface area contributed by atoms with E-state index in [2.05, 4.69) is 4.98 Å². The molecule has 6 heteroatoms. The van der Waals surface area contributed by atoms with Crippen LogP contribution in [0.25, 0.3) is 11.0 Å². The number of piperidine rings is 1. The first-order chi connectivity index (χ1) is 13.6. The summed E-state index contributed by atoms with van der Waals surface area (Å²) in [5.74, 6) is 0.866. The molecule has 1 aliphatic heterocycles. The van der Waals surface area contributed by atoms with Crippen molar-refractivity contribution in [2.75, 3.05) is 19.7 Å². The zero-order valence-electron chi connectivity index (χ0n) is 15.8. The molecular formula is C22H25N3O3. The van der Waals surface area contributed by atoms with Crippen molar-refractivity contribution in [3.8, 4) is 5.75 Å². The van der Waals surface area contributed by atoms with Crippen LogP contribution in [0.5, 0.6) is 5.75 Å². The zero-order valence-corrected chi connectivity index (χ0v) is 15.8. The van der Waals surface area contributed by atoms with Crippen molar-refractivity contribution in [1.82, 2.24) is 14.5 Å². The number of carbonyl (C=O) groups excluding carboxylic acids is 1. The molecule has 6 nitrogen and oxygen atoms in total. The maximum absolute atomic E-state index is 12.6. The number of imidazole rings is 1. The lowest BCUT2D eigenvalue weighted by Crippen LogP contribution is -2.49. The Morgan fingerprint density at radius 1 is 1.07 bits per heavy atom.